The normalized spacial score (nSPS) is 12.2. The van der Waals surface area contributed by atoms with Crippen molar-refractivity contribution in [3.05, 3.63) is 167 Å². The van der Waals surface area contributed by atoms with Crippen molar-refractivity contribution in [2.24, 2.45) is 0 Å². The Morgan fingerprint density at radius 1 is 0.762 bits per heavy atom. The second kappa shape index (κ2) is 18.7. The molecule has 0 aliphatic carbocycles. The molecule has 63 heavy (non-hydrogen) atoms. The van der Waals surface area contributed by atoms with Crippen molar-refractivity contribution >= 4 is 46.4 Å². The Hall–Kier alpha value is -5.53. The molecule has 5 nitrogen and oxygen atoms in total. The molecule has 0 saturated carbocycles. The number of aromatic nitrogens is 4. The summed E-state index contributed by atoms with van der Waals surface area (Å²) >= 11 is 0. The fourth-order valence-corrected chi connectivity index (χ4v) is 9.89. The minimum atomic E-state index is -1.57. The van der Waals surface area contributed by atoms with Gasteiger partial charge in [0.2, 0.25) is 0 Å². The van der Waals surface area contributed by atoms with E-state index in [0.717, 1.165) is 67.8 Å². The van der Waals surface area contributed by atoms with Gasteiger partial charge in [0.1, 0.15) is 0 Å². The summed E-state index contributed by atoms with van der Waals surface area (Å²) in [6, 6.07) is 45.0. The first kappa shape index (κ1) is 44.1. The number of rotatable bonds is 9. The summed E-state index contributed by atoms with van der Waals surface area (Å²) in [7, 11) is -1.57. The molecule has 4 heterocycles. The predicted octanol–water partition coefficient (Wildman–Crippen LogP) is 14.4. The van der Waals surface area contributed by atoms with Gasteiger partial charge in [-0.3, -0.25) is 9.37 Å². The van der Waals surface area contributed by atoms with Gasteiger partial charge in [-0.05, 0) is 86.9 Å². The number of aryl methyl sites for hydroxylation is 1. The van der Waals surface area contributed by atoms with Crippen LogP contribution in [-0.2, 0) is 26.7 Å². The second-order valence-corrected chi connectivity index (χ2v) is 23.2. The van der Waals surface area contributed by atoms with Crippen molar-refractivity contribution in [3.63, 3.8) is 0 Å². The van der Waals surface area contributed by atoms with E-state index in [0.29, 0.717) is 17.5 Å². The van der Waals surface area contributed by atoms with Crippen LogP contribution in [0.5, 0.6) is 0 Å². The summed E-state index contributed by atoms with van der Waals surface area (Å²) in [6.45, 7) is 22.4. The van der Waals surface area contributed by atoms with Crippen molar-refractivity contribution in [1.82, 2.24) is 19.5 Å². The number of pyridine rings is 2. The van der Waals surface area contributed by atoms with E-state index in [2.05, 4.69) is 153 Å². The number of fused-ring (bicyclic) bond motifs is 4. The molecule has 0 saturated heterocycles. The molecule has 4 aromatic heterocycles. The fraction of sp³-hybridized carbons (Fsp3) is 0.255. The molecule has 0 N–H and O–H groups in total. The van der Waals surface area contributed by atoms with E-state index < -0.39 is 14.0 Å². The standard InChI is InChI=1S/C38H34N3O.C17H21FNSi.Ir/c1-23(2)30-20-28(26-11-7-6-8-12-26)21-31(24(3)4)33(30)22-41-35-14-10-9-13-34(35)40-37(41)27-16-18-36-32(19-27)29-17-15-25(5)39-38(29)42-36;1-12(2)15-10-16(13-6-8-14(18)9-7-13)19-11-17(15)20(3,4)5;/h6-18,20-21,23-24H,22H2,1-5H3;6,8-12H,1-5H3;/q2*-1;/i;12D;. The third-order valence-corrected chi connectivity index (χ3v) is 13.6. The van der Waals surface area contributed by atoms with Crippen LogP contribution in [0, 0.1) is 24.9 Å². The molecule has 0 aliphatic heterocycles. The Morgan fingerprint density at radius 2 is 1.44 bits per heavy atom. The molecule has 1 radical (unpaired) electrons. The van der Waals surface area contributed by atoms with E-state index in [1.807, 2.05) is 45.2 Å². The van der Waals surface area contributed by atoms with Gasteiger partial charge >= 0.3 is 0 Å². The molecule has 0 atom stereocenters. The maximum absolute atomic E-state index is 13.0. The van der Waals surface area contributed by atoms with Crippen LogP contribution in [0.3, 0.4) is 0 Å². The second-order valence-electron chi connectivity index (χ2n) is 18.1. The summed E-state index contributed by atoms with van der Waals surface area (Å²) in [5.41, 5.74) is 14.6. The zero-order valence-electron chi connectivity index (χ0n) is 38.8. The van der Waals surface area contributed by atoms with Crippen LogP contribution in [-0.4, -0.2) is 27.6 Å². The summed E-state index contributed by atoms with van der Waals surface area (Å²) in [5.74, 6) is 0.654. The average Bonchev–Trinajstić information content (AvgIpc) is 3.80. The summed E-state index contributed by atoms with van der Waals surface area (Å²) in [4.78, 5) is 14.3. The Morgan fingerprint density at radius 3 is 2.10 bits per heavy atom. The molecule has 0 spiro atoms. The number of hydrogen-bond donors (Lipinski definition) is 0. The van der Waals surface area contributed by atoms with E-state index >= 15 is 0 Å². The molecule has 0 fully saturated rings. The molecule has 323 valence electrons. The van der Waals surface area contributed by atoms with Gasteiger partial charge in [0.25, 0.3) is 0 Å². The molecule has 0 amide bonds. The predicted molar refractivity (Wildman–Crippen MR) is 259 cm³/mol. The third kappa shape index (κ3) is 9.55. The van der Waals surface area contributed by atoms with Crippen LogP contribution in [0.15, 0.2) is 126 Å². The van der Waals surface area contributed by atoms with E-state index in [4.69, 9.17) is 10.8 Å². The third-order valence-electron chi connectivity index (χ3n) is 11.6. The van der Waals surface area contributed by atoms with E-state index in [1.54, 1.807) is 6.07 Å². The molecule has 9 aromatic rings. The molecule has 0 unspecified atom stereocenters. The molecule has 0 aliphatic rings. The molecular weight excluding hydrogens is 972 g/mol. The van der Waals surface area contributed by atoms with Crippen LogP contribution in [0.2, 0.25) is 19.6 Å². The number of furan rings is 1. The molecule has 5 aromatic carbocycles. The van der Waals surface area contributed by atoms with Crippen molar-refractivity contribution in [3.8, 4) is 33.8 Å². The Kier molecular flexibility index (Phi) is 13.1. The maximum Gasteiger partial charge on any atom is 0.183 e. The van der Waals surface area contributed by atoms with Gasteiger partial charge < -0.3 is 14.0 Å². The van der Waals surface area contributed by atoms with Crippen LogP contribution in [0.4, 0.5) is 4.39 Å². The minimum Gasteiger partial charge on any atom is -0.482 e. The zero-order chi connectivity index (χ0) is 44.8. The van der Waals surface area contributed by atoms with Crippen molar-refractivity contribution in [1.29, 1.82) is 0 Å². The topological polar surface area (TPSA) is 56.7 Å². The smallest absolute Gasteiger partial charge is 0.183 e. The van der Waals surface area contributed by atoms with Gasteiger partial charge in [-0.1, -0.05) is 150 Å². The molecule has 8 heteroatoms. The molecular formula is C55H55FIrN4OSi-2. The minimum absolute atomic E-state index is 0. The Balaban J connectivity index is 0.000000236. The van der Waals surface area contributed by atoms with Gasteiger partial charge in [-0.2, -0.15) is 0 Å². The van der Waals surface area contributed by atoms with Gasteiger partial charge in [-0.15, -0.1) is 42.0 Å². The number of para-hydroxylation sites is 2. The van der Waals surface area contributed by atoms with Crippen LogP contribution in [0.25, 0.3) is 66.9 Å². The summed E-state index contributed by atoms with van der Waals surface area (Å²) in [5, 5.41) is 3.11. The van der Waals surface area contributed by atoms with Crippen molar-refractivity contribution in [2.45, 2.75) is 92.4 Å². The SMILES string of the molecule is Cc1ccc2c(n1)oc1ccc(-c3nc4ccccc4n3Cc3c(C(C)C)cc(-c4ccccc4)cc3C(C)C)[c-]c12.[2H]C(C)(C)c1cc(-c2[c-]cc(F)cc2)ncc1[Si](C)(C)C.[Ir]. The molecule has 9 rings (SSSR count). The monoisotopic (exact) mass is 1030 g/mol. The number of hydrogen-bond acceptors (Lipinski definition) is 4. The van der Waals surface area contributed by atoms with Crippen molar-refractivity contribution in [2.75, 3.05) is 0 Å². The average molecular weight is 1030 g/mol. The fourth-order valence-electron chi connectivity index (χ4n) is 8.31. The van der Waals surface area contributed by atoms with E-state index in [1.165, 1.54) is 45.1 Å². The van der Waals surface area contributed by atoms with Crippen LogP contribution < -0.4 is 5.19 Å². The number of benzene rings is 5. The first-order chi connectivity index (χ1) is 30.0. The van der Waals surface area contributed by atoms with E-state index in [-0.39, 0.29) is 25.9 Å². The summed E-state index contributed by atoms with van der Waals surface area (Å²) in [6.07, 6.45) is 1.89. The Labute approximate surface area is 387 Å². The first-order valence-corrected chi connectivity index (χ1v) is 25.0. The van der Waals surface area contributed by atoms with Gasteiger partial charge in [0.15, 0.2) is 5.71 Å². The zero-order valence-corrected chi connectivity index (χ0v) is 41.2. The summed E-state index contributed by atoms with van der Waals surface area (Å²) < 4.78 is 29.9. The number of imidazole rings is 1. The van der Waals surface area contributed by atoms with Crippen LogP contribution >= 0.6 is 0 Å². The van der Waals surface area contributed by atoms with E-state index in [9.17, 15) is 4.39 Å². The first-order valence-electron chi connectivity index (χ1n) is 22.0. The quantitative estimate of drug-likeness (QED) is 0.107. The number of halogens is 1. The largest absolute Gasteiger partial charge is 0.482 e. The van der Waals surface area contributed by atoms with Gasteiger partial charge in [0, 0.05) is 45.7 Å². The maximum atomic E-state index is 13.0. The van der Waals surface area contributed by atoms with Gasteiger partial charge in [0.05, 0.1) is 30.5 Å². The number of nitrogens with zero attached hydrogens (tertiary/aromatic N) is 4. The van der Waals surface area contributed by atoms with Gasteiger partial charge in [-0.25, -0.2) is 4.98 Å². The van der Waals surface area contributed by atoms with Crippen LogP contribution in [0.1, 0.15) is 88.6 Å². The molecule has 0 bridgehead atoms. The van der Waals surface area contributed by atoms with Crippen molar-refractivity contribution < 1.29 is 30.3 Å². The Bertz CT molecular complexity index is 3060.